The van der Waals surface area contributed by atoms with Crippen LogP contribution in [0.2, 0.25) is 5.02 Å². The fourth-order valence-corrected chi connectivity index (χ4v) is 5.43. The van der Waals surface area contributed by atoms with Crippen LogP contribution in [0.15, 0.2) is 41.9 Å². The molecule has 0 bridgehead atoms. The van der Waals surface area contributed by atoms with Crippen molar-refractivity contribution >= 4 is 28.8 Å². The van der Waals surface area contributed by atoms with Gasteiger partial charge in [-0.05, 0) is 50.0 Å². The number of carbonyl (C=O) groups is 1. The third kappa shape index (κ3) is 6.57. The summed E-state index contributed by atoms with van der Waals surface area (Å²) >= 11 is 7.11. The van der Waals surface area contributed by atoms with Gasteiger partial charge >= 0.3 is 0 Å². The van der Waals surface area contributed by atoms with E-state index in [4.69, 9.17) is 21.6 Å². The number of hydrogen-bond donors (Lipinski definition) is 1. The minimum atomic E-state index is -2.76. The zero-order valence-corrected chi connectivity index (χ0v) is 21.1. The number of nitrogens with one attached hydrogen (secondary N) is 1. The Labute approximate surface area is 220 Å². The van der Waals surface area contributed by atoms with E-state index in [9.17, 15) is 18.0 Å². The molecule has 0 aliphatic carbocycles. The van der Waals surface area contributed by atoms with E-state index < -0.39 is 24.2 Å². The van der Waals surface area contributed by atoms with Gasteiger partial charge in [0.15, 0.2) is 0 Å². The molecule has 2 aromatic heterocycles. The van der Waals surface area contributed by atoms with E-state index in [1.165, 1.54) is 17.6 Å². The van der Waals surface area contributed by atoms with Crippen molar-refractivity contribution < 1.29 is 22.7 Å². The molecule has 1 aliphatic rings. The summed E-state index contributed by atoms with van der Waals surface area (Å²) in [7, 11) is 0. The molecule has 7 nitrogen and oxygen atoms in total. The third-order valence-electron chi connectivity index (χ3n) is 6.17. The number of pyridine rings is 1. The number of likely N-dealkylation sites (tertiary alicyclic amines) is 1. The highest BCUT2D eigenvalue weighted by Crippen LogP contribution is 2.35. The Morgan fingerprint density at radius 1 is 1.27 bits per heavy atom. The van der Waals surface area contributed by atoms with E-state index in [0.29, 0.717) is 30.5 Å². The quantitative estimate of drug-likeness (QED) is 0.384. The number of ether oxygens (including phenoxy) is 1. The molecule has 1 fully saturated rings. The topological polar surface area (TPSA) is 91.1 Å². The lowest BCUT2D eigenvalue weighted by molar-refractivity contribution is 0.0867. The number of amides is 1. The summed E-state index contributed by atoms with van der Waals surface area (Å²) in [6.45, 7) is 1.53. The van der Waals surface area contributed by atoms with Crippen LogP contribution in [-0.4, -0.2) is 47.0 Å². The number of thiazole rings is 1. The van der Waals surface area contributed by atoms with Crippen molar-refractivity contribution in [3.05, 3.63) is 74.6 Å². The summed E-state index contributed by atoms with van der Waals surface area (Å²) in [5, 5.41) is 11.6. The lowest BCUT2D eigenvalue weighted by atomic mass is 9.96. The monoisotopic (exact) mass is 549 g/mol. The van der Waals surface area contributed by atoms with Gasteiger partial charge in [0, 0.05) is 12.6 Å². The highest BCUT2D eigenvalue weighted by molar-refractivity contribution is 7.09. The number of hydrogen-bond acceptors (Lipinski definition) is 7. The number of benzene rings is 1. The molecule has 1 unspecified atom stereocenters. The van der Waals surface area contributed by atoms with Gasteiger partial charge in [-0.15, -0.1) is 11.3 Å². The molecule has 0 spiro atoms. The van der Waals surface area contributed by atoms with Crippen molar-refractivity contribution in [1.82, 2.24) is 20.2 Å². The molecule has 4 rings (SSSR count). The number of nitrogens with zero attached hydrogens (tertiary/aromatic N) is 4. The Morgan fingerprint density at radius 2 is 2.03 bits per heavy atom. The smallest absolute Gasteiger partial charge is 0.281 e. The first-order valence-corrected chi connectivity index (χ1v) is 12.8. The van der Waals surface area contributed by atoms with Gasteiger partial charge in [-0.3, -0.25) is 9.69 Å². The molecule has 1 atom stereocenters. The molecule has 3 heterocycles. The molecule has 1 aromatic carbocycles. The Kier molecular flexibility index (Phi) is 8.97. The number of aromatic nitrogens is 2. The average molecular weight is 550 g/mol. The van der Waals surface area contributed by atoms with Crippen molar-refractivity contribution in [1.29, 1.82) is 5.26 Å². The molecule has 0 radical (unpaired) electrons. The van der Waals surface area contributed by atoms with Gasteiger partial charge in [-0.2, -0.15) is 5.26 Å². The summed E-state index contributed by atoms with van der Waals surface area (Å²) in [6.07, 6.45) is -1.31. The second-order valence-corrected chi connectivity index (χ2v) is 9.78. The first kappa shape index (κ1) is 26.9. The molecule has 194 valence electrons. The Morgan fingerprint density at radius 3 is 2.73 bits per heavy atom. The second kappa shape index (κ2) is 12.4. The van der Waals surface area contributed by atoms with Crippen molar-refractivity contribution in [3.8, 4) is 11.9 Å². The van der Waals surface area contributed by atoms with E-state index in [2.05, 4.69) is 15.3 Å². The van der Waals surface area contributed by atoms with Gasteiger partial charge in [-0.25, -0.2) is 23.1 Å². The third-order valence-corrected chi connectivity index (χ3v) is 7.43. The predicted octanol–water partition coefficient (Wildman–Crippen LogP) is 5.40. The normalized spacial score (nSPS) is 15.4. The van der Waals surface area contributed by atoms with Crippen LogP contribution in [0.1, 0.15) is 51.9 Å². The van der Waals surface area contributed by atoms with Crippen LogP contribution in [-0.2, 0) is 0 Å². The minimum Gasteiger partial charge on any atom is -0.477 e. The highest BCUT2D eigenvalue weighted by atomic mass is 35.5. The zero-order chi connectivity index (χ0) is 26.4. The van der Waals surface area contributed by atoms with Crippen molar-refractivity contribution in [2.75, 3.05) is 26.2 Å². The molecule has 3 aromatic rings. The van der Waals surface area contributed by atoms with Gasteiger partial charge in [0.2, 0.25) is 5.88 Å². The maximum atomic E-state index is 14.2. The van der Waals surface area contributed by atoms with Crippen LogP contribution in [0.5, 0.6) is 5.88 Å². The summed E-state index contributed by atoms with van der Waals surface area (Å²) < 4.78 is 47.3. The van der Waals surface area contributed by atoms with E-state index >= 15 is 0 Å². The Balaban J connectivity index is 1.43. The number of rotatable bonds is 9. The maximum absolute atomic E-state index is 14.2. The SMILES string of the molecule is N#Cc1cccc(OCC2CCN(C(CNC(=O)c3c(F)cccc3Cl)c3scnc3C(F)F)CC2)n1. The molecule has 1 amide bonds. The van der Waals surface area contributed by atoms with Crippen molar-refractivity contribution in [3.63, 3.8) is 0 Å². The van der Waals surface area contributed by atoms with Crippen molar-refractivity contribution in [2.45, 2.75) is 25.3 Å². The number of halogens is 4. The van der Waals surface area contributed by atoms with Crippen LogP contribution in [0.3, 0.4) is 0 Å². The van der Waals surface area contributed by atoms with Gasteiger partial charge < -0.3 is 10.1 Å². The second-order valence-electron chi connectivity index (χ2n) is 8.49. The summed E-state index contributed by atoms with van der Waals surface area (Å²) in [6, 6.07) is 10.3. The highest BCUT2D eigenvalue weighted by Gasteiger charge is 2.32. The lowest BCUT2D eigenvalue weighted by Crippen LogP contribution is -2.43. The summed E-state index contributed by atoms with van der Waals surface area (Å²) in [4.78, 5) is 23.1. The van der Waals surface area contributed by atoms with E-state index in [1.54, 1.807) is 18.2 Å². The van der Waals surface area contributed by atoms with E-state index in [1.807, 2.05) is 11.0 Å². The summed E-state index contributed by atoms with van der Waals surface area (Å²) in [5.41, 5.74) is 1.03. The molecular weight excluding hydrogens is 527 g/mol. The minimum absolute atomic E-state index is 0.0164. The van der Waals surface area contributed by atoms with Gasteiger partial charge in [-0.1, -0.05) is 23.7 Å². The average Bonchev–Trinajstić information content (AvgIpc) is 3.38. The fourth-order valence-electron chi connectivity index (χ4n) is 4.25. The number of carbonyl (C=O) groups excluding carboxylic acids is 1. The lowest BCUT2D eigenvalue weighted by Gasteiger charge is -2.37. The predicted molar refractivity (Wildman–Crippen MR) is 132 cm³/mol. The van der Waals surface area contributed by atoms with Crippen LogP contribution < -0.4 is 10.1 Å². The number of alkyl halides is 2. The van der Waals surface area contributed by atoms with Gasteiger partial charge in [0.05, 0.1) is 33.6 Å². The molecule has 1 saturated heterocycles. The molecule has 12 heteroatoms. The molecule has 1 aliphatic heterocycles. The number of piperidine rings is 1. The summed E-state index contributed by atoms with van der Waals surface area (Å²) in [5.74, 6) is -0.901. The van der Waals surface area contributed by atoms with Crippen LogP contribution in [0.4, 0.5) is 13.2 Å². The Bertz CT molecular complexity index is 1260. The van der Waals surface area contributed by atoms with E-state index in [0.717, 1.165) is 30.2 Å². The Hall–Kier alpha value is -3.20. The van der Waals surface area contributed by atoms with Crippen LogP contribution in [0, 0.1) is 23.1 Å². The first-order valence-electron chi connectivity index (χ1n) is 11.5. The fraction of sp³-hybridized carbons (Fsp3) is 0.360. The van der Waals surface area contributed by atoms with Crippen molar-refractivity contribution in [2.24, 2.45) is 5.92 Å². The first-order chi connectivity index (χ1) is 17.9. The van der Waals surface area contributed by atoms with Gasteiger partial charge in [0.1, 0.15) is 23.3 Å². The maximum Gasteiger partial charge on any atom is 0.281 e. The molecular formula is C25H23ClF3N5O2S. The van der Waals surface area contributed by atoms with E-state index in [-0.39, 0.29) is 34.4 Å². The number of nitriles is 1. The van der Waals surface area contributed by atoms with Crippen LogP contribution >= 0.6 is 22.9 Å². The van der Waals surface area contributed by atoms with Gasteiger partial charge in [0.25, 0.3) is 12.3 Å². The molecule has 37 heavy (non-hydrogen) atoms. The largest absolute Gasteiger partial charge is 0.477 e. The van der Waals surface area contributed by atoms with Crippen LogP contribution in [0.25, 0.3) is 0 Å². The molecule has 1 N–H and O–H groups in total. The zero-order valence-electron chi connectivity index (χ0n) is 19.5. The standard InChI is InChI=1S/C25H23ClF3N5O2S/c26-17-4-2-5-18(27)21(17)25(35)31-12-19(23-22(24(28)29)32-14-37-23)34-9-7-15(8-10-34)13-36-20-6-1-3-16(11-30)33-20/h1-6,14-15,19,24H,7-10,12-13H2,(H,31,35). The molecule has 0 saturated carbocycles.